The van der Waals surface area contributed by atoms with Crippen LogP contribution in [0.25, 0.3) is 10.2 Å². The molecule has 0 radical (unpaired) electrons. The van der Waals surface area contributed by atoms with E-state index in [1.807, 2.05) is 25.3 Å². The highest BCUT2D eigenvalue weighted by Gasteiger charge is 2.32. The molecule has 0 unspecified atom stereocenters. The van der Waals surface area contributed by atoms with Gasteiger partial charge in [-0.05, 0) is 44.6 Å². The number of aromatic nitrogens is 1. The van der Waals surface area contributed by atoms with Gasteiger partial charge in [0.15, 0.2) is 0 Å². The van der Waals surface area contributed by atoms with E-state index in [4.69, 9.17) is 4.98 Å². The van der Waals surface area contributed by atoms with Crippen LogP contribution in [0.1, 0.15) is 37.2 Å². The Balaban J connectivity index is 1.91. The predicted molar refractivity (Wildman–Crippen MR) is 90.9 cm³/mol. The lowest BCUT2D eigenvalue weighted by atomic mass is 10.0. The first-order valence-electron chi connectivity index (χ1n) is 7.39. The predicted octanol–water partition coefficient (Wildman–Crippen LogP) is 4.10. The van der Waals surface area contributed by atoms with E-state index in [9.17, 15) is 4.79 Å². The summed E-state index contributed by atoms with van der Waals surface area (Å²) in [4.78, 5) is 19.4. The third-order valence-corrected chi connectivity index (χ3v) is 6.13. The van der Waals surface area contributed by atoms with Gasteiger partial charge in [-0.25, -0.2) is 4.98 Å². The van der Waals surface area contributed by atoms with Crippen molar-refractivity contribution in [2.24, 2.45) is 0 Å². The van der Waals surface area contributed by atoms with Crippen LogP contribution < -0.4 is 0 Å². The number of rotatable bonds is 3. The first-order valence-corrected chi connectivity index (χ1v) is 9.50. The molecule has 1 aromatic carbocycles. The molecule has 3 nitrogen and oxygen atoms in total. The third-order valence-electron chi connectivity index (χ3n) is 4.08. The quantitative estimate of drug-likeness (QED) is 0.853. The van der Waals surface area contributed by atoms with Gasteiger partial charge in [-0.2, -0.15) is 11.8 Å². The summed E-state index contributed by atoms with van der Waals surface area (Å²) in [5, 5.41) is 1.12. The highest BCUT2D eigenvalue weighted by molar-refractivity contribution is 7.99. The Bertz CT molecular complexity index is 607. The summed E-state index contributed by atoms with van der Waals surface area (Å²) >= 11 is 3.35. The van der Waals surface area contributed by atoms with E-state index in [2.05, 4.69) is 17.0 Å². The fourth-order valence-corrected chi connectivity index (χ4v) is 4.27. The molecule has 0 saturated carbocycles. The number of nitrogens with zero attached hydrogens (tertiary/aromatic N) is 2. The standard InChI is InChI=1S/C16H20N2OS2/c1-11(20-2)16(19)18-10-6-5-8-13(18)15-17-12-7-3-4-9-14(12)21-15/h3-4,7,9,11,13H,5-6,8,10H2,1-2H3/t11-,13-/m1/s1. The number of hydrogen-bond acceptors (Lipinski definition) is 4. The van der Waals surface area contributed by atoms with Crippen LogP contribution in [0.15, 0.2) is 24.3 Å². The molecule has 2 atom stereocenters. The number of para-hydroxylation sites is 1. The van der Waals surface area contributed by atoms with Crippen LogP contribution in [0.5, 0.6) is 0 Å². The maximum Gasteiger partial charge on any atom is 0.235 e. The average Bonchev–Trinajstić information content (AvgIpc) is 2.97. The Morgan fingerprint density at radius 1 is 1.43 bits per heavy atom. The number of benzene rings is 1. The van der Waals surface area contributed by atoms with Gasteiger partial charge in [-0.3, -0.25) is 4.79 Å². The van der Waals surface area contributed by atoms with E-state index in [0.717, 1.165) is 29.9 Å². The molecule has 1 fully saturated rings. The van der Waals surface area contributed by atoms with E-state index in [1.165, 1.54) is 11.1 Å². The minimum atomic E-state index is 0.0278. The largest absolute Gasteiger partial charge is 0.332 e. The molecule has 1 aliphatic heterocycles. The van der Waals surface area contributed by atoms with E-state index in [0.29, 0.717) is 0 Å². The van der Waals surface area contributed by atoms with Gasteiger partial charge in [0.2, 0.25) is 5.91 Å². The van der Waals surface area contributed by atoms with E-state index < -0.39 is 0 Å². The van der Waals surface area contributed by atoms with Crippen molar-refractivity contribution in [3.8, 4) is 0 Å². The molecule has 1 saturated heterocycles. The number of carbonyl (C=O) groups excluding carboxylic acids is 1. The van der Waals surface area contributed by atoms with Gasteiger partial charge in [-0.1, -0.05) is 12.1 Å². The maximum atomic E-state index is 12.6. The number of piperidine rings is 1. The molecule has 2 heterocycles. The molecule has 112 valence electrons. The number of carbonyl (C=O) groups is 1. The van der Waals surface area contributed by atoms with Crippen LogP contribution in [0.4, 0.5) is 0 Å². The van der Waals surface area contributed by atoms with Crippen molar-refractivity contribution < 1.29 is 4.79 Å². The number of thiazole rings is 1. The zero-order valence-corrected chi connectivity index (χ0v) is 14.0. The summed E-state index contributed by atoms with van der Waals surface area (Å²) in [7, 11) is 0. The van der Waals surface area contributed by atoms with Gasteiger partial charge < -0.3 is 4.90 Å². The first-order chi connectivity index (χ1) is 10.2. The Morgan fingerprint density at radius 3 is 3.00 bits per heavy atom. The average molecular weight is 320 g/mol. The lowest BCUT2D eigenvalue weighted by Crippen LogP contribution is -2.42. The number of amides is 1. The van der Waals surface area contributed by atoms with Crippen molar-refractivity contribution in [2.75, 3.05) is 12.8 Å². The maximum absolute atomic E-state index is 12.6. The summed E-state index contributed by atoms with van der Waals surface area (Å²) in [6.45, 7) is 2.86. The molecule has 0 bridgehead atoms. The third kappa shape index (κ3) is 2.94. The van der Waals surface area contributed by atoms with Crippen LogP contribution in [0, 0.1) is 0 Å². The zero-order valence-electron chi connectivity index (χ0n) is 12.4. The second kappa shape index (κ2) is 6.36. The van der Waals surface area contributed by atoms with Gasteiger partial charge >= 0.3 is 0 Å². The van der Waals surface area contributed by atoms with E-state index in [1.54, 1.807) is 23.1 Å². The number of hydrogen-bond donors (Lipinski definition) is 0. The number of fused-ring (bicyclic) bond motifs is 1. The van der Waals surface area contributed by atoms with E-state index in [-0.39, 0.29) is 17.2 Å². The topological polar surface area (TPSA) is 33.2 Å². The molecule has 5 heteroatoms. The van der Waals surface area contributed by atoms with Gasteiger partial charge in [0.1, 0.15) is 5.01 Å². The normalized spacial score (nSPS) is 20.7. The van der Waals surface area contributed by atoms with Gasteiger partial charge in [0.05, 0.1) is 21.5 Å². The summed E-state index contributed by atoms with van der Waals surface area (Å²) in [6.07, 6.45) is 5.32. The minimum absolute atomic E-state index is 0.0278. The van der Waals surface area contributed by atoms with Crippen molar-refractivity contribution in [1.29, 1.82) is 0 Å². The monoisotopic (exact) mass is 320 g/mol. The van der Waals surface area contributed by atoms with Gasteiger partial charge in [0, 0.05) is 6.54 Å². The fourth-order valence-electron chi connectivity index (χ4n) is 2.82. The molecular weight excluding hydrogens is 300 g/mol. The molecule has 0 aliphatic carbocycles. The summed E-state index contributed by atoms with van der Waals surface area (Å²) in [5.41, 5.74) is 1.05. The van der Waals surface area contributed by atoms with Gasteiger partial charge in [0.25, 0.3) is 0 Å². The Labute approximate surface area is 133 Å². The summed E-state index contributed by atoms with van der Waals surface area (Å²) < 4.78 is 1.21. The van der Waals surface area contributed by atoms with Crippen molar-refractivity contribution in [3.63, 3.8) is 0 Å². The fraction of sp³-hybridized carbons (Fsp3) is 0.500. The van der Waals surface area contributed by atoms with E-state index >= 15 is 0 Å². The molecule has 1 aliphatic rings. The lowest BCUT2D eigenvalue weighted by molar-refractivity contribution is -0.134. The number of likely N-dealkylation sites (tertiary alicyclic amines) is 1. The van der Waals surface area contributed by atoms with Crippen molar-refractivity contribution in [2.45, 2.75) is 37.5 Å². The number of thioether (sulfide) groups is 1. The van der Waals surface area contributed by atoms with Crippen LogP contribution in [-0.4, -0.2) is 33.8 Å². The molecule has 0 N–H and O–H groups in total. The molecule has 1 aromatic heterocycles. The SMILES string of the molecule is CS[C@H](C)C(=O)N1CCCC[C@@H]1c1nc2ccccc2s1. The molecule has 2 aromatic rings. The molecule has 3 rings (SSSR count). The summed E-state index contributed by atoms with van der Waals surface area (Å²) in [5.74, 6) is 0.256. The molecule has 0 spiro atoms. The van der Waals surface area contributed by atoms with Crippen molar-refractivity contribution in [3.05, 3.63) is 29.3 Å². The Morgan fingerprint density at radius 2 is 2.24 bits per heavy atom. The smallest absolute Gasteiger partial charge is 0.235 e. The van der Waals surface area contributed by atoms with Crippen LogP contribution in [0.2, 0.25) is 0 Å². The second-order valence-corrected chi connectivity index (χ2v) is 7.68. The van der Waals surface area contributed by atoms with Crippen molar-refractivity contribution >= 4 is 39.2 Å². The van der Waals surface area contributed by atoms with Crippen LogP contribution in [0.3, 0.4) is 0 Å². The second-order valence-electron chi connectivity index (χ2n) is 5.44. The minimum Gasteiger partial charge on any atom is -0.332 e. The van der Waals surface area contributed by atoms with Gasteiger partial charge in [-0.15, -0.1) is 11.3 Å². The molecule has 1 amide bonds. The summed E-state index contributed by atoms with van der Waals surface area (Å²) in [6, 6.07) is 8.39. The van der Waals surface area contributed by atoms with Crippen molar-refractivity contribution in [1.82, 2.24) is 9.88 Å². The van der Waals surface area contributed by atoms with Crippen LogP contribution in [-0.2, 0) is 4.79 Å². The molecular formula is C16H20N2OS2. The highest BCUT2D eigenvalue weighted by Crippen LogP contribution is 2.36. The van der Waals surface area contributed by atoms with Crippen LogP contribution >= 0.6 is 23.1 Å². The Hall–Kier alpha value is -1.07. The highest BCUT2D eigenvalue weighted by atomic mass is 32.2. The Kier molecular flexibility index (Phi) is 4.50. The lowest BCUT2D eigenvalue weighted by Gasteiger charge is -2.35. The first kappa shape index (κ1) is 14.9. The zero-order chi connectivity index (χ0) is 14.8. The molecule has 21 heavy (non-hydrogen) atoms.